The summed E-state index contributed by atoms with van der Waals surface area (Å²) in [6, 6.07) is 0. The number of hydrogen-bond acceptors (Lipinski definition) is 4. The average Bonchev–Trinajstić information content (AvgIpc) is 2.17. The molecule has 54 valence electrons. The van der Waals surface area contributed by atoms with Crippen LogP contribution in [0.3, 0.4) is 0 Å². The van der Waals surface area contributed by atoms with Crippen LogP contribution in [0.2, 0.25) is 0 Å². The monoisotopic (exact) mass is 143 g/mol. The molecule has 1 rings (SSSR count). The molecule has 5 nitrogen and oxygen atoms in total. The minimum absolute atomic E-state index is 0.148. The first-order chi connectivity index (χ1) is 4.70. The maximum absolute atomic E-state index is 10.1. The van der Waals surface area contributed by atoms with Gasteiger partial charge < -0.3 is 0 Å². The largest absolute Gasteiger partial charge is 0.373 e. The third-order valence-electron chi connectivity index (χ3n) is 0.858. The highest BCUT2D eigenvalue weighted by Crippen LogP contribution is 1.95. The summed E-state index contributed by atoms with van der Waals surface area (Å²) in [5, 5.41) is 2.14. The third kappa shape index (κ3) is 3.51. The summed E-state index contributed by atoms with van der Waals surface area (Å²) in [5.41, 5.74) is 0. The van der Waals surface area contributed by atoms with E-state index >= 15 is 0 Å². The molecule has 2 amide bonds. The van der Waals surface area contributed by atoms with E-state index in [1.165, 1.54) is 0 Å². The van der Waals surface area contributed by atoms with Gasteiger partial charge in [0.25, 0.3) is 0 Å². The van der Waals surface area contributed by atoms with Gasteiger partial charge in [0.05, 0.1) is 0 Å². The van der Waals surface area contributed by atoms with E-state index in [0.29, 0.717) is 12.8 Å². The van der Waals surface area contributed by atoms with Gasteiger partial charge in [-0.05, 0) is 0 Å². The second kappa shape index (κ2) is 4.40. The number of rotatable bonds is 0. The molecule has 1 aliphatic heterocycles. The predicted octanol–water partition coefficient (Wildman–Crippen LogP) is -1.16. The maximum atomic E-state index is 10.1. The molecule has 0 aromatic rings. The molecule has 0 aliphatic carbocycles. The number of carbonyl (C=O) groups is 2. The molecular weight excluding hydrogens is 138 g/mol. The number of amides is 2. The van der Waals surface area contributed by atoms with Crippen molar-refractivity contribution in [2.24, 2.45) is 0 Å². The van der Waals surface area contributed by atoms with Crippen molar-refractivity contribution >= 4 is 18.0 Å². The Kier molecular flexibility index (Phi) is 3.75. The molecule has 1 N–H and O–H groups in total. The zero-order valence-corrected chi connectivity index (χ0v) is 5.05. The summed E-state index contributed by atoms with van der Waals surface area (Å²) >= 11 is 0. The van der Waals surface area contributed by atoms with Crippen LogP contribution in [-0.4, -0.2) is 18.0 Å². The van der Waals surface area contributed by atoms with Crippen molar-refractivity contribution in [1.29, 1.82) is 0 Å². The fourth-order valence-corrected chi connectivity index (χ4v) is 0.508. The SMILES string of the molecule is O=C1CCC(=O)N1.O=C=O. The fourth-order valence-electron chi connectivity index (χ4n) is 0.508. The molecule has 0 spiro atoms. The van der Waals surface area contributed by atoms with E-state index in [1.54, 1.807) is 0 Å². The van der Waals surface area contributed by atoms with Crippen molar-refractivity contribution in [2.75, 3.05) is 0 Å². The molecule has 1 heterocycles. The Hall–Kier alpha value is -1.48. The van der Waals surface area contributed by atoms with E-state index in [9.17, 15) is 9.59 Å². The van der Waals surface area contributed by atoms with Crippen LogP contribution in [0.1, 0.15) is 12.8 Å². The lowest BCUT2D eigenvalue weighted by atomic mass is 10.4. The van der Waals surface area contributed by atoms with Gasteiger partial charge in [-0.15, -0.1) is 0 Å². The maximum Gasteiger partial charge on any atom is 0.373 e. The molecule has 5 heteroatoms. The molecule has 0 radical (unpaired) electrons. The summed E-state index contributed by atoms with van der Waals surface area (Å²) in [6.45, 7) is 0. The van der Waals surface area contributed by atoms with Gasteiger partial charge in [0, 0.05) is 12.8 Å². The van der Waals surface area contributed by atoms with E-state index in [2.05, 4.69) is 5.32 Å². The second-order valence-corrected chi connectivity index (χ2v) is 1.55. The highest BCUT2D eigenvalue weighted by Gasteiger charge is 2.15. The Bertz CT molecular complexity index is 166. The molecule has 1 fully saturated rings. The highest BCUT2D eigenvalue weighted by atomic mass is 16.2. The molecule has 1 aliphatic rings. The zero-order chi connectivity index (χ0) is 7.98. The Morgan fingerprint density at radius 1 is 1.10 bits per heavy atom. The molecular formula is C5H5NO4. The summed E-state index contributed by atoms with van der Waals surface area (Å²) in [6.07, 6.45) is 0.998. The average molecular weight is 143 g/mol. The summed E-state index contributed by atoms with van der Waals surface area (Å²) < 4.78 is 0. The van der Waals surface area contributed by atoms with E-state index in [-0.39, 0.29) is 18.0 Å². The van der Waals surface area contributed by atoms with Gasteiger partial charge >= 0.3 is 6.15 Å². The predicted molar refractivity (Wildman–Crippen MR) is 27.4 cm³/mol. The number of nitrogens with one attached hydrogen (secondary N) is 1. The molecule has 0 aromatic carbocycles. The van der Waals surface area contributed by atoms with Gasteiger partial charge in [-0.3, -0.25) is 14.9 Å². The van der Waals surface area contributed by atoms with Crippen LogP contribution in [-0.2, 0) is 19.2 Å². The Morgan fingerprint density at radius 2 is 1.40 bits per heavy atom. The van der Waals surface area contributed by atoms with E-state index in [0.717, 1.165) is 0 Å². The van der Waals surface area contributed by atoms with Gasteiger partial charge in [0.2, 0.25) is 11.8 Å². The van der Waals surface area contributed by atoms with Crippen LogP contribution in [0.5, 0.6) is 0 Å². The van der Waals surface area contributed by atoms with Crippen LogP contribution < -0.4 is 5.32 Å². The molecule has 0 unspecified atom stereocenters. The highest BCUT2D eigenvalue weighted by molar-refractivity contribution is 6.01. The fraction of sp³-hybridized carbons (Fsp3) is 0.400. The van der Waals surface area contributed by atoms with Crippen LogP contribution >= 0.6 is 0 Å². The van der Waals surface area contributed by atoms with Crippen LogP contribution in [0, 0.1) is 0 Å². The van der Waals surface area contributed by atoms with Gasteiger partial charge in [-0.25, -0.2) is 0 Å². The zero-order valence-electron chi connectivity index (χ0n) is 5.05. The second-order valence-electron chi connectivity index (χ2n) is 1.55. The first-order valence-corrected chi connectivity index (χ1v) is 2.52. The van der Waals surface area contributed by atoms with Crippen LogP contribution in [0.4, 0.5) is 0 Å². The Morgan fingerprint density at radius 3 is 1.50 bits per heavy atom. The number of hydrogen-bond donors (Lipinski definition) is 1. The molecule has 1 saturated heterocycles. The van der Waals surface area contributed by atoms with Gasteiger partial charge in [0.15, 0.2) is 0 Å². The minimum Gasteiger partial charge on any atom is -0.296 e. The van der Waals surface area contributed by atoms with Crippen LogP contribution in [0.25, 0.3) is 0 Å². The van der Waals surface area contributed by atoms with Crippen molar-refractivity contribution < 1.29 is 19.2 Å². The normalized spacial score (nSPS) is 14.8. The quantitative estimate of drug-likeness (QED) is 0.433. The summed E-state index contributed by atoms with van der Waals surface area (Å²) in [5.74, 6) is -0.296. The number of imide groups is 1. The van der Waals surface area contributed by atoms with Gasteiger partial charge in [-0.1, -0.05) is 0 Å². The summed E-state index contributed by atoms with van der Waals surface area (Å²) in [7, 11) is 0. The summed E-state index contributed by atoms with van der Waals surface area (Å²) in [4.78, 5) is 36.5. The molecule has 0 atom stereocenters. The van der Waals surface area contributed by atoms with Gasteiger partial charge in [-0.2, -0.15) is 9.59 Å². The Labute approximate surface area is 56.4 Å². The van der Waals surface area contributed by atoms with E-state index in [1.807, 2.05) is 0 Å². The first kappa shape index (κ1) is 8.52. The molecule has 0 aromatic heterocycles. The lowest BCUT2D eigenvalue weighted by Crippen LogP contribution is -2.18. The molecule has 10 heavy (non-hydrogen) atoms. The van der Waals surface area contributed by atoms with Crippen molar-refractivity contribution in [1.82, 2.24) is 5.32 Å². The third-order valence-corrected chi connectivity index (χ3v) is 0.858. The minimum atomic E-state index is -0.148. The van der Waals surface area contributed by atoms with Crippen LogP contribution in [0.15, 0.2) is 0 Å². The van der Waals surface area contributed by atoms with Crippen molar-refractivity contribution in [2.45, 2.75) is 12.8 Å². The standard InChI is InChI=1S/C4H5NO2.CO2/c6-3-1-2-4(7)5-3;2-1-3/h1-2H2,(H,5,6,7);. The smallest absolute Gasteiger partial charge is 0.296 e. The van der Waals surface area contributed by atoms with E-state index < -0.39 is 0 Å². The number of carbonyl (C=O) groups excluding carboxylic acids is 4. The lowest BCUT2D eigenvalue weighted by Gasteiger charge is -1.79. The van der Waals surface area contributed by atoms with Crippen molar-refractivity contribution in [3.8, 4) is 0 Å². The van der Waals surface area contributed by atoms with Crippen molar-refractivity contribution in [3.05, 3.63) is 0 Å². The van der Waals surface area contributed by atoms with E-state index in [4.69, 9.17) is 9.59 Å². The lowest BCUT2D eigenvalue weighted by molar-refractivity contribution is -0.191. The van der Waals surface area contributed by atoms with Crippen molar-refractivity contribution in [3.63, 3.8) is 0 Å². The molecule has 0 bridgehead atoms. The topological polar surface area (TPSA) is 80.3 Å². The molecule has 0 saturated carbocycles. The Balaban J connectivity index is 0.000000236. The van der Waals surface area contributed by atoms with Gasteiger partial charge in [0.1, 0.15) is 0 Å². The first-order valence-electron chi connectivity index (χ1n) is 2.52.